The Morgan fingerprint density at radius 1 is 0.905 bits per heavy atom. The Hall–Kier alpha value is -5.20. The zero-order valence-corrected chi connectivity index (χ0v) is 37.2. The van der Waals surface area contributed by atoms with Crippen molar-refractivity contribution in [2.24, 2.45) is 22.9 Å². The van der Waals surface area contributed by atoms with Gasteiger partial charge in [-0.05, 0) is 111 Å². The third-order valence-electron chi connectivity index (χ3n) is 12.4. The third kappa shape index (κ3) is 10.8. The Morgan fingerprint density at radius 3 is 2.37 bits per heavy atom. The summed E-state index contributed by atoms with van der Waals surface area (Å²) < 4.78 is 32.7. The predicted octanol–water partition coefficient (Wildman–Crippen LogP) is 10.3. The molecule has 0 aromatic heterocycles. The lowest BCUT2D eigenvalue weighted by Gasteiger charge is -2.59. The number of oxime groups is 1. The van der Waals surface area contributed by atoms with Crippen LogP contribution in [0.1, 0.15) is 82.8 Å². The summed E-state index contributed by atoms with van der Waals surface area (Å²) in [6.45, 7) is 11.0. The first-order chi connectivity index (χ1) is 30.5. The quantitative estimate of drug-likeness (QED) is 0.0507. The maximum atomic E-state index is 14.2. The van der Waals surface area contributed by atoms with E-state index in [1.54, 1.807) is 18.0 Å². The average Bonchev–Trinajstić information content (AvgIpc) is 3.28. The van der Waals surface area contributed by atoms with E-state index in [0.717, 1.165) is 58.9 Å². The number of aliphatic hydroxyl groups is 2. The average molecular weight is 861 g/mol. The monoisotopic (exact) mass is 860 g/mol. The maximum absolute atomic E-state index is 14.2. The molecule has 0 radical (unpaired) electrons. The summed E-state index contributed by atoms with van der Waals surface area (Å²) in [5.41, 5.74) is 3.09. The van der Waals surface area contributed by atoms with E-state index in [4.69, 9.17) is 33.7 Å². The van der Waals surface area contributed by atoms with Gasteiger partial charge in [-0.1, -0.05) is 90.8 Å². The summed E-state index contributed by atoms with van der Waals surface area (Å²) >= 11 is 0. The van der Waals surface area contributed by atoms with Gasteiger partial charge in [0.05, 0.1) is 31.5 Å². The fourth-order valence-electron chi connectivity index (χ4n) is 9.53. The van der Waals surface area contributed by atoms with Gasteiger partial charge in [0.2, 0.25) is 5.79 Å². The van der Waals surface area contributed by atoms with Gasteiger partial charge in [0.1, 0.15) is 35.5 Å². The van der Waals surface area contributed by atoms with Gasteiger partial charge in [-0.2, -0.15) is 0 Å². The molecule has 6 atom stereocenters. The number of fused-ring (bicyclic) bond motifs is 3. The molecule has 1 heterocycles. The van der Waals surface area contributed by atoms with Crippen molar-refractivity contribution >= 4 is 22.6 Å². The molecule has 63 heavy (non-hydrogen) atoms. The molecule has 1 saturated carbocycles. The van der Waals surface area contributed by atoms with Gasteiger partial charge in [-0.15, -0.1) is 6.58 Å². The summed E-state index contributed by atoms with van der Waals surface area (Å²) in [5.74, 6) is 0.127. The van der Waals surface area contributed by atoms with Gasteiger partial charge >= 0.3 is 6.09 Å². The van der Waals surface area contributed by atoms with Crippen LogP contribution in [0.3, 0.4) is 0 Å². The van der Waals surface area contributed by atoms with E-state index >= 15 is 0 Å². The molecule has 336 valence electrons. The SMILES string of the molecule is C=CCOC12Oc3ccc(Oc4ccc5ccccc5c4)cc3C3C(CCCCO)C(CCCCO)C=C(C(=NOC(C)(C)C)CC1N(C)C(=O)OCCOCc1ccccc1)C32. The summed E-state index contributed by atoms with van der Waals surface area (Å²) in [7, 11) is 1.72. The fourth-order valence-corrected chi connectivity index (χ4v) is 9.53. The molecule has 0 saturated heterocycles. The van der Waals surface area contributed by atoms with Crippen LogP contribution >= 0.6 is 0 Å². The number of hydrogen-bond donors (Lipinski definition) is 2. The Morgan fingerprint density at radius 2 is 1.62 bits per heavy atom. The first-order valence-corrected chi connectivity index (χ1v) is 22.5. The molecular weight excluding hydrogens is 797 g/mol. The predicted molar refractivity (Wildman–Crippen MR) is 245 cm³/mol. The third-order valence-corrected chi connectivity index (χ3v) is 12.4. The number of aliphatic hydroxyl groups excluding tert-OH is 2. The van der Waals surface area contributed by atoms with Crippen LogP contribution in [0, 0.1) is 17.8 Å². The van der Waals surface area contributed by atoms with Gasteiger partial charge in [-0.3, -0.25) is 0 Å². The smallest absolute Gasteiger partial charge is 0.410 e. The molecule has 3 aliphatic rings. The number of hydrogen-bond acceptors (Lipinski definition) is 10. The molecule has 0 spiro atoms. The molecule has 7 rings (SSSR count). The number of amides is 1. The number of likely N-dealkylation sites (N-methyl/N-ethyl adjacent to an activating group) is 1. The van der Waals surface area contributed by atoms with Crippen LogP contribution in [0.5, 0.6) is 17.2 Å². The number of ether oxygens (including phenoxy) is 5. The number of allylic oxidation sites excluding steroid dienone is 1. The standard InChI is InChI=1S/C52H64N2O9/c1-6-28-60-52-47(54(5)50(57)59-30-29-58-35-36-16-8-7-9-17-36)34-45(53-63-51(2,3)4)43-32-39(20-12-14-26-55)42(21-13-15-27-56)48(49(43)52)44-33-41(24-25-46(44)62-52)61-40-23-22-37-18-10-11-19-38(37)31-40/h6-11,16-19,22-25,31-33,39,42,47-49,55-56H,1,12-15,20-21,26-30,34-35H2,2-5H3. The van der Waals surface area contributed by atoms with Crippen LogP contribution in [-0.4, -0.2) is 84.4 Å². The normalized spacial score (nSPS) is 23.2. The van der Waals surface area contributed by atoms with E-state index < -0.39 is 29.4 Å². The van der Waals surface area contributed by atoms with Crippen molar-refractivity contribution in [3.8, 4) is 17.2 Å². The molecule has 4 aromatic carbocycles. The van der Waals surface area contributed by atoms with Crippen molar-refractivity contribution in [3.05, 3.63) is 126 Å². The molecular formula is C52H64N2O9. The number of carbonyl (C=O) groups is 1. The highest BCUT2D eigenvalue weighted by Crippen LogP contribution is 2.62. The molecule has 1 aliphatic heterocycles. The van der Waals surface area contributed by atoms with E-state index in [1.807, 2.05) is 87.5 Å². The summed E-state index contributed by atoms with van der Waals surface area (Å²) in [6, 6.07) is 29.4. The minimum absolute atomic E-state index is 0.0562. The van der Waals surface area contributed by atoms with Crippen molar-refractivity contribution < 1.29 is 43.5 Å². The summed E-state index contributed by atoms with van der Waals surface area (Å²) in [6.07, 6.45) is 8.41. The van der Waals surface area contributed by atoms with Crippen LogP contribution < -0.4 is 9.47 Å². The van der Waals surface area contributed by atoms with Gasteiger partial charge in [0.15, 0.2) is 0 Å². The lowest BCUT2D eigenvalue weighted by molar-refractivity contribution is -0.253. The minimum atomic E-state index is -1.40. The highest BCUT2D eigenvalue weighted by Gasteiger charge is 2.65. The van der Waals surface area contributed by atoms with Crippen LogP contribution in [0.4, 0.5) is 4.79 Å². The number of carbonyl (C=O) groups excluding carboxylic acids is 1. The maximum Gasteiger partial charge on any atom is 0.410 e. The van der Waals surface area contributed by atoms with Gasteiger partial charge in [-0.25, -0.2) is 4.79 Å². The van der Waals surface area contributed by atoms with Crippen molar-refractivity contribution in [1.29, 1.82) is 0 Å². The molecule has 2 aliphatic carbocycles. The number of rotatable bonds is 20. The second-order valence-corrected chi connectivity index (χ2v) is 17.9. The molecule has 2 N–H and O–H groups in total. The Balaban J connectivity index is 1.32. The number of unbranched alkanes of at least 4 members (excludes halogenated alkanes) is 2. The van der Waals surface area contributed by atoms with Crippen molar-refractivity contribution in [1.82, 2.24) is 4.90 Å². The van der Waals surface area contributed by atoms with Gasteiger partial charge in [0, 0.05) is 38.2 Å². The van der Waals surface area contributed by atoms with Gasteiger partial charge in [0.25, 0.3) is 0 Å². The molecule has 11 nitrogen and oxygen atoms in total. The summed E-state index contributed by atoms with van der Waals surface area (Å²) in [5, 5.41) is 27.0. The van der Waals surface area contributed by atoms with Crippen molar-refractivity contribution in [3.63, 3.8) is 0 Å². The van der Waals surface area contributed by atoms with E-state index in [1.165, 1.54) is 0 Å². The van der Waals surface area contributed by atoms with E-state index in [9.17, 15) is 15.0 Å². The first-order valence-electron chi connectivity index (χ1n) is 22.5. The lowest BCUT2D eigenvalue weighted by Crippen LogP contribution is -2.69. The van der Waals surface area contributed by atoms with Crippen LogP contribution in [0.2, 0.25) is 0 Å². The number of benzene rings is 4. The second kappa shape index (κ2) is 21.0. The second-order valence-electron chi connectivity index (χ2n) is 17.9. The largest absolute Gasteiger partial charge is 0.459 e. The lowest BCUT2D eigenvalue weighted by atomic mass is 9.55. The fraction of sp³-hybridized carbons (Fsp3) is 0.462. The van der Waals surface area contributed by atoms with Gasteiger partial charge < -0.3 is 43.6 Å². The summed E-state index contributed by atoms with van der Waals surface area (Å²) in [4.78, 5) is 22.0. The number of nitrogens with zero attached hydrogens (tertiary/aromatic N) is 2. The van der Waals surface area contributed by atoms with Crippen LogP contribution in [0.15, 0.2) is 120 Å². The zero-order chi connectivity index (χ0) is 44.4. The molecule has 1 fully saturated rings. The Bertz CT molecular complexity index is 2220. The van der Waals surface area contributed by atoms with E-state index in [-0.39, 0.29) is 57.2 Å². The van der Waals surface area contributed by atoms with E-state index in [2.05, 4.69) is 36.9 Å². The molecule has 1 amide bonds. The molecule has 6 unspecified atom stereocenters. The minimum Gasteiger partial charge on any atom is -0.459 e. The highest BCUT2D eigenvalue weighted by molar-refractivity contribution is 6.03. The topological polar surface area (TPSA) is 129 Å². The van der Waals surface area contributed by atoms with Crippen molar-refractivity contribution in [2.45, 2.75) is 95.7 Å². The molecule has 4 aromatic rings. The Labute approximate surface area is 372 Å². The first kappa shape index (κ1) is 45.8. The molecule has 0 bridgehead atoms. The Kier molecular flexibility index (Phi) is 15.3. The van der Waals surface area contributed by atoms with Crippen LogP contribution in [-0.2, 0) is 25.7 Å². The molecule has 11 heteroatoms. The van der Waals surface area contributed by atoms with Crippen molar-refractivity contribution in [2.75, 3.05) is 40.1 Å². The van der Waals surface area contributed by atoms with Crippen LogP contribution in [0.25, 0.3) is 10.8 Å². The van der Waals surface area contributed by atoms with E-state index in [0.29, 0.717) is 36.7 Å². The highest BCUT2D eigenvalue weighted by atomic mass is 16.7. The zero-order valence-electron chi connectivity index (χ0n) is 37.2.